The number of amides is 1. The molecule has 2 unspecified atom stereocenters. The third-order valence-corrected chi connectivity index (χ3v) is 4.06. The van der Waals surface area contributed by atoms with Crippen LogP contribution in [0.15, 0.2) is 30.3 Å². The van der Waals surface area contributed by atoms with E-state index in [-0.39, 0.29) is 5.91 Å². The quantitative estimate of drug-likeness (QED) is 0.837. The summed E-state index contributed by atoms with van der Waals surface area (Å²) in [5.41, 5.74) is 1.00. The van der Waals surface area contributed by atoms with Crippen molar-refractivity contribution >= 4 is 12.0 Å². The first-order valence-corrected chi connectivity index (χ1v) is 7.90. The lowest BCUT2D eigenvalue weighted by Gasteiger charge is -2.29. The molecule has 0 bridgehead atoms. The van der Waals surface area contributed by atoms with Gasteiger partial charge in [0, 0.05) is 12.1 Å². The van der Waals surface area contributed by atoms with E-state index in [1.165, 1.54) is 19.3 Å². The zero-order chi connectivity index (χ0) is 15.1. The van der Waals surface area contributed by atoms with Crippen LogP contribution in [0.2, 0.25) is 0 Å². The second-order valence-corrected chi connectivity index (χ2v) is 5.71. The van der Waals surface area contributed by atoms with E-state index in [1.54, 1.807) is 6.08 Å². The molecular weight excluding hydrogens is 262 g/mol. The average Bonchev–Trinajstić information content (AvgIpc) is 2.49. The molecule has 21 heavy (non-hydrogen) atoms. The van der Waals surface area contributed by atoms with Gasteiger partial charge in [-0.2, -0.15) is 0 Å². The summed E-state index contributed by atoms with van der Waals surface area (Å²) < 4.78 is 5.40. The SMILES string of the molecule is CCOc1ccc(/C=C/C(=O)NC2CCCCC2C)cc1. The van der Waals surface area contributed by atoms with Crippen LogP contribution in [0.5, 0.6) is 5.75 Å². The second kappa shape index (κ2) is 7.87. The van der Waals surface area contributed by atoms with Gasteiger partial charge < -0.3 is 10.1 Å². The highest BCUT2D eigenvalue weighted by Gasteiger charge is 2.21. The first-order chi connectivity index (χ1) is 10.2. The summed E-state index contributed by atoms with van der Waals surface area (Å²) in [6.45, 7) is 4.85. The van der Waals surface area contributed by atoms with Crippen molar-refractivity contribution in [3.8, 4) is 5.75 Å². The second-order valence-electron chi connectivity index (χ2n) is 5.71. The summed E-state index contributed by atoms with van der Waals surface area (Å²) in [4.78, 5) is 12.0. The minimum Gasteiger partial charge on any atom is -0.494 e. The van der Waals surface area contributed by atoms with Crippen molar-refractivity contribution in [1.29, 1.82) is 0 Å². The molecule has 1 aromatic carbocycles. The van der Waals surface area contributed by atoms with Crippen molar-refractivity contribution in [2.24, 2.45) is 5.92 Å². The van der Waals surface area contributed by atoms with E-state index < -0.39 is 0 Å². The Hall–Kier alpha value is -1.77. The summed E-state index contributed by atoms with van der Waals surface area (Å²) in [5, 5.41) is 3.12. The lowest BCUT2D eigenvalue weighted by molar-refractivity contribution is -0.117. The van der Waals surface area contributed by atoms with Crippen molar-refractivity contribution in [3.05, 3.63) is 35.9 Å². The van der Waals surface area contributed by atoms with Crippen LogP contribution in [-0.2, 0) is 4.79 Å². The van der Waals surface area contributed by atoms with Crippen molar-refractivity contribution in [2.45, 2.75) is 45.6 Å². The van der Waals surface area contributed by atoms with Gasteiger partial charge in [-0.25, -0.2) is 0 Å². The minimum absolute atomic E-state index is 0.00244. The fourth-order valence-corrected chi connectivity index (χ4v) is 2.78. The summed E-state index contributed by atoms with van der Waals surface area (Å²) >= 11 is 0. The first kappa shape index (κ1) is 15.6. The monoisotopic (exact) mass is 287 g/mol. The fraction of sp³-hybridized carbons (Fsp3) is 0.500. The molecule has 1 aliphatic carbocycles. The van der Waals surface area contributed by atoms with Crippen LogP contribution in [0.1, 0.15) is 45.1 Å². The Morgan fingerprint density at radius 3 is 2.67 bits per heavy atom. The number of nitrogens with one attached hydrogen (secondary N) is 1. The molecule has 1 amide bonds. The van der Waals surface area contributed by atoms with Gasteiger partial charge in [-0.3, -0.25) is 4.79 Å². The maximum absolute atomic E-state index is 12.0. The minimum atomic E-state index is 0.00244. The van der Waals surface area contributed by atoms with Gasteiger partial charge in [0.1, 0.15) is 5.75 Å². The highest BCUT2D eigenvalue weighted by atomic mass is 16.5. The highest BCUT2D eigenvalue weighted by Crippen LogP contribution is 2.23. The number of carbonyl (C=O) groups excluding carboxylic acids is 1. The predicted octanol–water partition coefficient (Wildman–Crippen LogP) is 3.79. The average molecular weight is 287 g/mol. The van der Waals surface area contributed by atoms with Gasteiger partial charge in [-0.05, 0) is 49.5 Å². The lowest BCUT2D eigenvalue weighted by Crippen LogP contribution is -2.40. The third kappa shape index (κ3) is 4.92. The molecule has 0 heterocycles. The van der Waals surface area contributed by atoms with Gasteiger partial charge in [0.05, 0.1) is 6.61 Å². The summed E-state index contributed by atoms with van der Waals surface area (Å²) in [5.74, 6) is 1.44. The normalized spacial score (nSPS) is 22.2. The van der Waals surface area contributed by atoms with Crippen molar-refractivity contribution < 1.29 is 9.53 Å². The van der Waals surface area contributed by atoms with E-state index in [0.29, 0.717) is 18.6 Å². The molecule has 1 N–H and O–H groups in total. The Labute approximate surface area is 127 Å². The Kier molecular flexibility index (Phi) is 5.85. The van der Waals surface area contributed by atoms with Gasteiger partial charge >= 0.3 is 0 Å². The molecular formula is C18H25NO2. The van der Waals surface area contributed by atoms with Gasteiger partial charge in [-0.1, -0.05) is 31.9 Å². The van der Waals surface area contributed by atoms with Crippen molar-refractivity contribution in [2.75, 3.05) is 6.61 Å². The van der Waals surface area contributed by atoms with Crippen LogP contribution in [0.4, 0.5) is 0 Å². The van der Waals surface area contributed by atoms with Crippen molar-refractivity contribution in [3.63, 3.8) is 0 Å². The Morgan fingerprint density at radius 1 is 1.29 bits per heavy atom. The van der Waals surface area contributed by atoms with Crippen LogP contribution < -0.4 is 10.1 Å². The first-order valence-electron chi connectivity index (χ1n) is 7.90. The predicted molar refractivity (Wildman–Crippen MR) is 86.2 cm³/mol. The third-order valence-electron chi connectivity index (χ3n) is 4.06. The van der Waals surface area contributed by atoms with Gasteiger partial charge in [0.25, 0.3) is 0 Å². The van der Waals surface area contributed by atoms with E-state index in [0.717, 1.165) is 17.7 Å². The molecule has 3 nitrogen and oxygen atoms in total. The standard InChI is InChI=1S/C18H25NO2/c1-3-21-16-11-8-15(9-12-16)10-13-18(20)19-17-7-5-4-6-14(17)2/h8-14,17H,3-7H2,1-2H3,(H,19,20)/b13-10+. The maximum Gasteiger partial charge on any atom is 0.244 e. The smallest absolute Gasteiger partial charge is 0.244 e. The number of rotatable bonds is 5. The molecule has 2 rings (SSSR count). The number of hydrogen-bond acceptors (Lipinski definition) is 2. The fourth-order valence-electron chi connectivity index (χ4n) is 2.78. The molecule has 0 saturated heterocycles. The number of ether oxygens (including phenoxy) is 1. The largest absolute Gasteiger partial charge is 0.494 e. The van der Waals surface area contributed by atoms with Gasteiger partial charge in [0.15, 0.2) is 0 Å². The van der Waals surface area contributed by atoms with Crippen LogP contribution in [0.3, 0.4) is 0 Å². The Balaban J connectivity index is 1.86. The topological polar surface area (TPSA) is 38.3 Å². The van der Waals surface area contributed by atoms with E-state index >= 15 is 0 Å². The highest BCUT2D eigenvalue weighted by molar-refractivity contribution is 5.91. The summed E-state index contributed by atoms with van der Waals surface area (Å²) in [7, 11) is 0. The molecule has 2 atom stereocenters. The molecule has 0 aromatic heterocycles. The van der Waals surface area contributed by atoms with Gasteiger partial charge in [-0.15, -0.1) is 0 Å². The molecule has 0 radical (unpaired) electrons. The van der Waals surface area contributed by atoms with E-state index in [4.69, 9.17) is 4.74 Å². The molecule has 1 saturated carbocycles. The molecule has 114 valence electrons. The van der Waals surface area contributed by atoms with E-state index in [2.05, 4.69) is 12.2 Å². The Bertz CT molecular complexity index is 478. The molecule has 0 aliphatic heterocycles. The number of hydrogen-bond donors (Lipinski definition) is 1. The van der Waals surface area contributed by atoms with Crippen LogP contribution in [-0.4, -0.2) is 18.6 Å². The molecule has 1 aliphatic rings. The molecule has 1 aromatic rings. The molecule has 3 heteroatoms. The molecule has 0 spiro atoms. The van der Waals surface area contributed by atoms with Crippen LogP contribution in [0, 0.1) is 5.92 Å². The van der Waals surface area contributed by atoms with E-state index in [9.17, 15) is 4.79 Å². The van der Waals surface area contributed by atoms with E-state index in [1.807, 2.05) is 37.3 Å². The summed E-state index contributed by atoms with van der Waals surface area (Å²) in [6, 6.07) is 8.08. The zero-order valence-electron chi connectivity index (χ0n) is 13.0. The lowest BCUT2D eigenvalue weighted by atomic mass is 9.86. The zero-order valence-corrected chi connectivity index (χ0v) is 13.0. The number of carbonyl (C=O) groups is 1. The summed E-state index contributed by atoms with van der Waals surface area (Å²) in [6.07, 6.45) is 8.29. The van der Waals surface area contributed by atoms with Gasteiger partial charge in [0.2, 0.25) is 5.91 Å². The molecule has 1 fully saturated rings. The Morgan fingerprint density at radius 2 is 2.00 bits per heavy atom. The maximum atomic E-state index is 12.0. The van der Waals surface area contributed by atoms with Crippen molar-refractivity contribution in [1.82, 2.24) is 5.32 Å². The number of benzene rings is 1. The van der Waals surface area contributed by atoms with Crippen LogP contribution >= 0.6 is 0 Å². The van der Waals surface area contributed by atoms with Crippen LogP contribution in [0.25, 0.3) is 6.08 Å².